The first-order valence-corrected chi connectivity index (χ1v) is 10.3. The summed E-state index contributed by atoms with van der Waals surface area (Å²) in [6.07, 6.45) is 1.90. The maximum absolute atomic E-state index is 12.9. The number of rotatable bonds is 5. The number of para-hydroxylation sites is 1. The Morgan fingerprint density at radius 2 is 1.97 bits per heavy atom. The molecule has 0 N–H and O–H groups in total. The van der Waals surface area contributed by atoms with Crippen molar-refractivity contribution in [3.63, 3.8) is 0 Å². The number of hydrogen-bond donors (Lipinski definition) is 0. The fourth-order valence-corrected chi connectivity index (χ4v) is 3.87. The van der Waals surface area contributed by atoms with Gasteiger partial charge >= 0.3 is 5.97 Å². The molecule has 3 rings (SSSR count). The topological polar surface area (TPSA) is 85.0 Å². The molecule has 0 aliphatic carbocycles. The van der Waals surface area contributed by atoms with Crippen molar-refractivity contribution in [3.05, 3.63) is 81.5 Å². The lowest BCUT2D eigenvalue weighted by atomic mass is 9.95. The third-order valence-electron chi connectivity index (χ3n) is 4.52. The van der Waals surface area contributed by atoms with Gasteiger partial charge in [-0.15, -0.1) is 0 Å². The number of amidine groups is 1. The molecule has 0 amide bonds. The predicted molar refractivity (Wildman–Crippen MR) is 115 cm³/mol. The molecule has 1 heterocycles. The summed E-state index contributed by atoms with van der Waals surface area (Å²) >= 11 is 1.44. The van der Waals surface area contributed by atoms with Crippen molar-refractivity contribution in [1.82, 2.24) is 0 Å². The van der Waals surface area contributed by atoms with Crippen molar-refractivity contribution >= 4 is 34.3 Å². The lowest BCUT2D eigenvalue weighted by Gasteiger charge is -2.34. The summed E-state index contributed by atoms with van der Waals surface area (Å²) in [4.78, 5) is 30.3. The van der Waals surface area contributed by atoms with Crippen LogP contribution in [0.5, 0.6) is 0 Å². The fourth-order valence-electron chi connectivity index (χ4n) is 3.24. The molecular formula is C21H21N3O4S. The Hall–Kier alpha value is -3.13. The van der Waals surface area contributed by atoms with Gasteiger partial charge in [-0.05, 0) is 37.8 Å². The zero-order valence-electron chi connectivity index (χ0n) is 16.4. The van der Waals surface area contributed by atoms with Crippen LogP contribution in [0.4, 0.5) is 11.4 Å². The number of ether oxygens (including phenoxy) is 1. The first-order chi connectivity index (χ1) is 14.0. The van der Waals surface area contributed by atoms with Crippen molar-refractivity contribution in [2.24, 2.45) is 4.99 Å². The molecule has 0 unspecified atom stereocenters. The van der Waals surface area contributed by atoms with Gasteiger partial charge in [-0.3, -0.25) is 15.0 Å². The average Bonchev–Trinajstić information content (AvgIpc) is 2.73. The maximum atomic E-state index is 12.9. The van der Waals surface area contributed by atoms with Gasteiger partial charge in [-0.25, -0.2) is 9.79 Å². The summed E-state index contributed by atoms with van der Waals surface area (Å²) < 4.78 is 5.30. The Morgan fingerprint density at radius 3 is 2.59 bits per heavy atom. The minimum absolute atomic E-state index is 0.0465. The maximum Gasteiger partial charge on any atom is 0.338 e. The number of aliphatic imine (C=N–C) groups is 1. The molecule has 2 aromatic rings. The minimum atomic E-state index is -0.684. The molecular weight excluding hydrogens is 390 g/mol. The van der Waals surface area contributed by atoms with Crippen molar-refractivity contribution in [2.45, 2.75) is 19.9 Å². The number of anilines is 1. The van der Waals surface area contributed by atoms with Crippen LogP contribution in [0.15, 0.2) is 70.9 Å². The normalized spacial score (nSPS) is 16.4. The summed E-state index contributed by atoms with van der Waals surface area (Å²) in [5.41, 5.74) is 2.45. The first-order valence-electron chi connectivity index (χ1n) is 9.07. The molecule has 0 saturated carbocycles. The van der Waals surface area contributed by atoms with Gasteiger partial charge in [0.1, 0.15) is 6.04 Å². The van der Waals surface area contributed by atoms with Crippen LogP contribution in [0, 0.1) is 10.1 Å². The van der Waals surface area contributed by atoms with Crippen LogP contribution in [0.25, 0.3) is 0 Å². The summed E-state index contributed by atoms with van der Waals surface area (Å²) in [6.45, 7) is 3.81. The molecule has 0 aromatic heterocycles. The first kappa shape index (κ1) is 20.6. The van der Waals surface area contributed by atoms with Crippen molar-refractivity contribution in [3.8, 4) is 0 Å². The Labute approximate surface area is 173 Å². The largest absolute Gasteiger partial charge is 0.463 e. The fraction of sp³-hybridized carbons (Fsp3) is 0.238. The van der Waals surface area contributed by atoms with E-state index in [-0.39, 0.29) is 12.3 Å². The molecule has 150 valence electrons. The number of esters is 1. The predicted octanol–water partition coefficient (Wildman–Crippen LogP) is 4.71. The summed E-state index contributed by atoms with van der Waals surface area (Å²) in [5.74, 6) is -0.480. The van der Waals surface area contributed by atoms with E-state index in [1.807, 2.05) is 48.4 Å². The van der Waals surface area contributed by atoms with Gasteiger partial charge in [0.25, 0.3) is 5.69 Å². The minimum Gasteiger partial charge on any atom is -0.463 e. The standard InChI is InChI=1S/C21H21N3O4S/c1-4-28-20(25)18-14(2)23(16-10-6-5-7-11-16)21(29-3)22-19(18)15-9-8-12-17(13-15)24(26)27/h5-13,19H,4H2,1-3H3/t19-/m1/s1. The van der Waals surface area contributed by atoms with E-state index in [2.05, 4.69) is 0 Å². The number of thioether (sulfide) groups is 1. The van der Waals surface area contributed by atoms with E-state index in [4.69, 9.17) is 9.73 Å². The van der Waals surface area contributed by atoms with Crippen LogP contribution >= 0.6 is 11.8 Å². The molecule has 29 heavy (non-hydrogen) atoms. The Kier molecular flexibility index (Phi) is 6.33. The van der Waals surface area contributed by atoms with Gasteiger partial charge in [-0.1, -0.05) is 42.1 Å². The number of benzene rings is 2. The van der Waals surface area contributed by atoms with Crippen molar-refractivity contribution in [2.75, 3.05) is 17.8 Å². The van der Waals surface area contributed by atoms with Crippen LogP contribution in [-0.4, -0.2) is 28.9 Å². The van der Waals surface area contributed by atoms with Gasteiger partial charge in [0.15, 0.2) is 5.17 Å². The molecule has 0 saturated heterocycles. The molecule has 0 spiro atoms. The highest BCUT2D eigenvalue weighted by atomic mass is 32.2. The van der Waals surface area contributed by atoms with Crippen LogP contribution in [0.3, 0.4) is 0 Å². The van der Waals surface area contributed by atoms with E-state index in [1.165, 1.54) is 23.9 Å². The second-order valence-corrected chi connectivity index (χ2v) is 7.03. The van der Waals surface area contributed by atoms with E-state index < -0.39 is 16.9 Å². The van der Waals surface area contributed by atoms with Gasteiger partial charge in [-0.2, -0.15) is 0 Å². The number of nitrogens with zero attached hydrogens (tertiary/aromatic N) is 3. The molecule has 8 heteroatoms. The smallest absolute Gasteiger partial charge is 0.338 e. The third-order valence-corrected chi connectivity index (χ3v) is 5.17. The molecule has 0 radical (unpaired) electrons. The van der Waals surface area contributed by atoms with E-state index in [0.29, 0.717) is 22.0 Å². The molecule has 2 aromatic carbocycles. The highest BCUT2D eigenvalue weighted by Gasteiger charge is 2.35. The van der Waals surface area contributed by atoms with E-state index in [9.17, 15) is 14.9 Å². The van der Waals surface area contributed by atoms with Crippen molar-refractivity contribution < 1.29 is 14.5 Å². The lowest BCUT2D eigenvalue weighted by molar-refractivity contribution is -0.384. The van der Waals surface area contributed by atoms with Gasteiger partial charge in [0.05, 0.1) is 17.1 Å². The number of nitro groups is 1. The lowest BCUT2D eigenvalue weighted by Crippen LogP contribution is -2.35. The third kappa shape index (κ3) is 4.17. The van der Waals surface area contributed by atoms with E-state index in [1.54, 1.807) is 19.1 Å². The van der Waals surface area contributed by atoms with Crippen LogP contribution in [0.2, 0.25) is 0 Å². The second-order valence-electron chi connectivity index (χ2n) is 6.26. The van der Waals surface area contributed by atoms with E-state index >= 15 is 0 Å². The average molecular weight is 411 g/mol. The number of allylic oxidation sites excluding steroid dienone is 1. The van der Waals surface area contributed by atoms with Crippen molar-refractivity contribution in [1.29, 1.82) is 0 Å². The molecule has 1 aliphatic rings. The van der Waals surface area contributed by atoms with Crippen LogP contribution in [0.1, 0.15) is 25.5 Å². The number of nitro benzene ring substituents is 1. The summed E-state index contributed by atoms with van der Waals surface area (Å²) in [5, 5.41) is 11.9. The quantitative estimate of drug-likeness (QED) is 0.402. The molecule has 0 fully saturated rings. The summed E-state index contributed by atoms with van der Waals surface area (Å²) in [6, 6.07) is 15.1. The zero-order valence-corrected chi connectivity index (χ0v) is 17.2. The van der Waals surface area contributed by atoms with Crippen LogP contribution in [-0.2, 0) is 9.53 Å². The number of carbonyl (C=O) groups excluding carboxylic acids is 1. The number of hydrogen-bond acceptors (Lipinski definition) is 7. The summed E-state index contributed by atoms with van der Waals surface area (Å²) in [7, 11) is 0. The molecule has 1 atom stereocenters. The zero-order chi connectivity index (χ0) is 21.0. The number of carbonyl (C=O) groups is 1. The highest BCUT2D eigenvalue weighted by Crippen LogP contribution is 2.39. The molecule has 1 aliphatic heterocycles. The van der Waals surface area contributed by atoms with Gasteiger partial charge in [0, 0.05) is 23.5 Å². The number of non-ortho nitro benzene ring substituents is 1. The Balaban J connectivity index is 2.18. The van der Waals surface area contributed by atoms with Crippen LogP contribution < -0.4 is 4.90 Å². The SMILES string of the molecule is CCOC(=O)C1=C(C)N(c2ccccc2)C(SC)=N[C@@H]1c1cccc([N+](=O)[O-])c1. The second kappa shape index (κ2) is 8.91. The molecule has 7 nitrogen and oxygen atoms in total. The van der Waals surface area contributed by atoms with Gasteiger partial charge < -0.3 is 4.74 Å². The molecule has 0 bridgehead atoms. The monoisotopic (exact) mass is 411 g/mol. The Morgan fingerprint density at radius 1 is 1.24 bits per heavy atom. The van der Waals surface area contributed by atoms with E-state index in [0.717, 1.165) is 5.69 Å². The highest BCUT2D eigenvalue weighted by molar-refractivity contribution is 8.13. The van der Waals surface area contributed by atoms with Gasteiger partial charge in [0.2, 0.25) is 0 Å². The Bertz CT molecular complexity index is 988.